The van der Waals surface area contributed by atoms with E-state index in [0.29, 0.717) is 18.6 Å². The highest BCUT2D eigenvalue weighted by atomic mass is 35.5. The highest BCUT2D eigenvalue weighted by Crippen LogP contribution is 2.35. The first-order valence-corrected chi connectivity index (χ1v) is 6.06. The second-order valence-corrected chi connectivity index (χ2v) is 4.65. The van der Waals surface area contributed by atoms with E-state index < -0.39 is 40.3 Å². The number of alkyl halides is 3. The molecule has 1 rings (SSSR count). The van der Waals surface area contributed by atoms with Gasteiger partial charge < -0.3 is 10.8 Å². The lowest BCUT2D eigenvalue weighted by molar-refractivity contribution is -0.137. The van der Waals surface area contributed by atoms with Crippen LogP contribution in [0.5, 0.6) is 0 Å². The molecular weight excluding hydrogens is 321 g/mol. The van der Waals surface area contributed by atoms with Crippen molar-refractivity contribution >= 4 is 24.0 Å². The molecule has 0 aliphatic heterocycles. The Bertz CT molecular complexity index is 454. The van der Waals surface area contributed by atoms with Crippen LogP contribution in [0.15, 0.2) is 12.1 Å². The summed E-state index contributed by atoms with van der Waals surface area (Å²) in [5.74, 6) is -1.03. The monoisotopic (exact) mass is 335 g/mol. The normalized spacial score (nSPS) is 14.6. The standard InChI is InChI=1S/C12H14ClF4NO.ClH/c1-2-3-9(19)11(18)7-4-6(12(15,16)17)5-8(13)10(7)14;/h4-5,9,11,19H,2-3,18H2,1H3;1H/t9-,11+;/m0./s1. The first-order valence-electron chi connectivity index (χ1n) is 5.68. The predicted molar refractivity (Wildman–Crippen MR) is 71.5 cm³/mol. The van der Waals surface area contributed by atoms with Crippen LogP contribution in [0.3, 0.4) is 0 Å². The van der Waals surface area contributed by atoms with Crippen molar-refractivity contribution in [2.24, 2.45) is 5.73 Å². The molecule has 116 valence electrons. The van der Waals surface area contributed by atoms with Crippen LogP contribution in [0.1, 0.15) is 36.9 Å². The Morgan fingerprint density at radius 1 is 1.35 bits per heavy atom. The third kappa shape index (κ3) is 4.48. The van der Waals surface area contributed by atoms with E-state index in [2.05, 4.69) is 0 Å². The van der Waals surface area contributed by atoms with Crippen LogP contribution < -0.4 is 5.73 Å². The van der Waals surface area contributed by atoms with E-state index in [4.69, 9.17) is 17.3 Å². The van der Waals surface area contributed by atoms with Gasteiger partial charge in [-0.2, -0.15) is 13.2 Å². The summed E-state index contributed by atoms with van der Waals surface area (Å²) in [5, 5.41) is 9.00. The van der Waals surface area contributed by atoms with Gasteiger partial charge >= 0.3 is 6.18 Å². The number of rotatable bonds is 4. The summed E-state index contributed by atoms with van der Waals surface area (Å²) < 4.78 is 51.6. The van der Waals surface area contributed by atoms with Crippen molar-refractivity contribution < 1.29 is 22.7 Å². The Morgan fingerprint density at radius 3 is 2.35 bits per heavy atom. The summed E-state index contributed by atoms with van der Waals surface area (Å²) >= 11 is 5.44. The molecule has 0 aliphatic rings. The van der Waals surface area contributed by atoms with Gasteiger partial charge in [0.05, 0.1) is 22.7 Å². The molecular formula is C12H15Cl2F4NO. The zero-order valence-electron chi connectivity index (χ0n) is 10.5. The quantitative estimate of drug-likeness (QED) is 0.814. The molecule has 0 aliphatic carbocycles. The van der Waals surface area contributed by atoms with Gasteiger partial charge in [0, 0.05) is 5.56 Å². The fourth-order valence-corrected chi connectivity index (χ4v) is 1.93. The molecule has 0 fully saturated rings. The zero-order valence-corrected chi connectivity index (χ0v) is 12.1. The fraction of sp³-hybridized carbons (Fsp3) is 0.500. The minimum atomic E-state index is -4.65. The highest BCUT2D eigenvalue weighted by Gasteiger charge is 2.33. The van der Waals surface area contributed by atoms with Crippen molar-refractivity contribution in [3.63, 3.8) is 0 Å². The number of aliphatic hydroxyl groups is 1. The topological polar surface area (TPSA) is 46.2 Å². The lowest BCUT2D eigenvalue weighted by atomic mass is 9.97. The third-order valence-electron chi connectivity index (χ3n) is 2.74. The van der Waals surface area contributed by atoms with E-state index in [1.54, 1.807) is 6.92 Å². The van der Waals surface area contributed by atoms with Gasteiger partial charge in [-0.25, -0.2) is 4.39 Å². The van der Waals surface area contributed by atoms with E-state index in [1.807, 2.05) is 0 Å². The van der Waals surface area contributed by atoms with Crippen molar-refractivity contribution in [1.29, 1.82) is 0 Å². The molecule has 0 saturated heterocycles. The molecule has 2 nitrogen and oxygen atoms in total. The molecule has 0 bridgehead atoms. The van der Waals surface area contributed by atoms with Crippen LogP contribution in [0, 0.1) is 5.82 Å². The maximum Gasteiger partial charge on any atom is 0.416 e. The minimum Gasteiger partial charge on any atom is -0.391 e. The number of aliphatic hydroxyl groups excluding tert-OH is 1. The second kappa shape index (κ2) is 7.45. The summed E-state index contributed by atoms with van der Waals surface area (Å²) in [4.78, 5) is 0. The summed E-state index contributed by atoms with van der Waals surface area (Å²) in [6.45, 7) is 1.77. The van der Waals surface area contributed by atoms with E-state index in [-0.39, 0.29) is 18.8 Å². The average molecular weight is 336 g/mol. The maximum atomic E-state index is 13.7. The van der Waals surface area contributed by atoms with Crippen LogP contribution in [0.25, 0.3) is 0 Å². The Labute approximate surface area is 125 Å². The molecule has 8 heteroatoms. The lowest BCUT2D eigenvalue weighted by Gasteiger charge is -2.21. The molecule has 2 atom stereocenters. The summed E-state index contributed by atoms with van der Waals surface area (Å²) in [6.07, 6.45) is -4.95. The van der Waals surface area contributed by atoms with Gasteiger partial charge in [-0.05, 0) is 18.6 Å². The molecule has 1 aromatic carbocycles. The van der Waals surface area contributed by atoms with E-state index in [9.17, 15) is 22.7 Å². The van der Waals surface area contributed by atoms with Crippen LogP contribution in [-0.2, 0) is 6.18 Å². The molecule has 0 saturated carbocycles. The molecule has 0 spiro atoms. The number of hydrogen-bond acceptors (Lipinski definition) is 2. The molecule has 0 amide bonds. The number of hydrogen-bond donors (Lipinski definition) is 2. The zero-order chi connectivity index (χ0) is 14.8. The molecule has 1 aromatic rings. The fourth-order valence-electron chi connectivity index (χ4n) is 1.70. The van der Waals surface area contributed by atoms with Crippen LogP contribution in [-0.4, -0.2) is 11.2 Å². The molecule has 0 aromatic heterocycles. The molecule has 0 radical (unpaired) electrons. The van der Waals surface area contributed by atoms with Crippen molar-refractivity contribution in [3.05, 3.63) is 34.1 Å². The van der Waals surface area contributed by atoms with Gasteiger partial charge in [0.2, 0.25) is 0 Å². The lowest BCUT2D eigenvalue weighted by Crippen LogP contribution is -2.27. The van der Waals surface area contributed by atoms with E-state index in [0.717, 1.165) is 0 Å². The highest BCUT2D eigenvalue weighted by molar-refractivity contribution is 6.30. The van der Waals surface area contributed by atoms with E-state index in [1.165, 1.54) is 0 Å². The molecule has 20 heavy (non-hydrogen) atoms. The summed E-state index contributed by atoms with van der Waals surface area (Å²) in [6, 6.07) is -0.163. The van der Waals surface area contributed by atoms with Crippen molar-refractivity contribution in [2.45, 2.75) is 38.1 Å². The van der Waals surface area contributed by atoms with Gasteiger partial charge in [-0.3, -0.25) is 0 Å². The average Bonchev–Trinajstić information content (AvgIpc) is 2.30. The Hall–Kier alpha value is -0.560. The SMILES string of the molecule is CCC[C@H](O)[C@H](N)c1cc(C(F)(F)F)cc(Cl)c1F.Cl. The molecule has 0 unspecified atom stereocenters. The van der Waals surface area contributed by atoms with Gasteiger partial charge in [-0.15, -0.1) is 12.4 Å². The largest absolute Gasteiger partial charge is 0.416 e. The number of benzene rings is 1. The first-order chi connectivity index (χ1) is 8.68. The Kier molecular flexibility index (Phi) is 7.24. The maximum absolute atomic E-state index is 13.7. The van der Waals surface area contributed by atoms with Crippen molar-refractivity contribution in [2.75, 3.05) is 0 Å². The van der Waals surface area contributed by atoms with Crippen LogP contribution in [0.4, 0.5) is 17.6 Å². The third-order valence-corrected chi connectivity index (χ3v) is 3.02. The summed E-state index contributed by atoms with van der Waals surface area (Å²) in [7, 11) is 0. The Morgan fingerprint density at radius 2 is 1.90 bits per heavy atom. The molecule has 0 heterocycles. The second-order valence-electron chi connectivity index (χ2n) is 4.24. The summed E-state index contributed by atoms with van der Waals surface area (Å²) in [5.41, 5.74) is 4.07. The first kappa shape index (κ1) is 19.4. The van der Waals surface area contributed by atoms with Gasteiger partial charge in [0.25, 0.3) is 0 Å². The number of halogens is 6. The van der Waals surface area contributed by atoms with E-state index >= 15 is 0 Å². The predicted octanol–water partition coefficient (Wildman–Crippen LogP) is 4.08. The van der Waals surface area contributed by atoms with Gasteiger partial charge in [-0.1, -0.05) is 24.9 Å². The van der Waals surface area contributed by atoms with Crippen LogP contribution >= 0.6 is 24.0 Å². The Balaban J connectivity index is 0.00000361. The van der Waals surface area contributed by atoms with Gasteiger partial charge in [0.1, 0.15) is 5.82 Å². The van der Waals surface area contributed by atoms with Crippen molar-refractivity contribution in [3.8, 4) is 0 Å². The van der Waals surface area contributed by atoms with Crippen molar-refractivity contribution in [1.82, 2.24) is 0 Å². The van der Waals surface area contributed by atoms with Gasteiger partial charge in [0.15, 0.2) is 0 Å². The minimum absolute atomic E-state index is 0. The smallest absolute Gasteiger partial charge is 0.391 e. The van der Waals surface area contributed by atoms with Crippen LogP contribution in [0.2, 0.25) is 5.02 Å². The number of nitrogens with two attached hydrogens (primary N) is 1. The molecule has 3 N–H and O–H groups in total.